The maximum atomic E-state index is 12.9. The lowest BCUT2D eigenvalue weighted by Gasteiger charge is -2.16. The number of para-hydroxylation sites is 2. The van der Waals surface area contributed by atoms with Crippen LogP contribution in [-0.4, -0.2) is 18.7 Å². The Bertz CT molecular complexity index is 1250. The molecule has 2 atom stereocenters. The van der Waals surface area contributed by atoms with E-state index in [4.69, 9.17) is 14.2 Å². The Hall–Kier alpha value is -3.11. The molecular formula is C44H64O4. The van der Waals surface area contributed by atoms with Crippen LogP contribution in [0.4, 0.5) is 0 Å². The first-order chi connectivity index (χ1) is 23.5. The van der Waals surface area contributed by atoms with E-state index in [-0.39, 0.29) is 12.2 Å². The Kier molecular flexibility index (Phi) is 19.7. The van der Waals surface area contributed by atoms with Crippen molar-refractivity contribution in [2.75, 3.05) is 6.61 Å². The topological polar surface area (TPSA) is 44.8 Å². The van der Waals surface area contributed by atoms with Gasteiger partial charge >= 0.3 is 5.97 Å². The van der Waals surface area contributed by atoms with E-state index < -0.39 is 5.97 Å². The molecule has 48 heavy (non-hydrogen) atoms. The van der Waals surface area contributed by atoms with Crippen molar-refractivity contribution < 1.29 is 19.0 Å². The smallest absolute Gasteiger partial charge is 0.343 e. The minimum absolute atomic E-state index is 0.0544. The molecule has 4 nitrogen and oxygen atoms in total. The highest BCUT2D eigenvalue weighted by Gasteiger charge is 2.15. The summed E-state index contributed by atoms with van der Waals surface area (Å²) in [7, 11) is 0. The molecule has 0 amide bonds. The van der Waals surface area contributed by atoms with E-state index in [1.54, 1.807) is 6.07 Å². The third kappa shape index (κ3) is 15.4. The fraction of sp³-hybridized carbons (Fsp3) is 0.568. The van der Waals surface area contributed by atoms with E-state index in [9.17, 15) is 4.79 Å². The zero-order chi connectivity index (χ0) is 34.2. The lowest BCUT2D eigenvalue weighted by atomic mass is 10.0. The van der Waals surface area contributed by atoms with Crippen molar-refractivity contribution >= 4 is 5.97 Å². The van der Waals surface area contributed by atoms with E-state index in [1.165, 1.54) is 102 Å². The molecule has 0 fully saturated rings. The number of unbranched alkanes of at least 4 members (excludes halogenated alkanes) is 15. The number of ether oxygens (including phenoxy) is 3. The molecule has 0 aliphatic heterocycles. The summed E-state index contributed by atoms with van der Waals surface area (Å²) in [6, 6.07) is 23.5. The lowest BCUT2D eigenvalue weighted by Crippen LogP contribution is -2.14. The first-order valence-corrected chi connectivity index (χ1v) is 19.3. The quantitative estimate of drug-likeness (QED) is 0.0490. The van der Waals surface area contributed by atoms with E-state index >= 15 is 0 Å². The van der Waals surface area contributed by atoms with Gasteiger partial charge in [-0.15, -0.1) is 0 Å². The van der Waals surface area contributed by atoms with Gasteiger partial charge in [0.05, 0.1) is 17.8 Å². The summed E-state index contributed by atoms with van der Waals surface area (Å²) in [4.78, 5) is 12.9. The average molecular weight is 657 g/mol. The molecule has 3 rings (SSSR count). The van der Waals surface area contributed by atoms with Gasteiger partial charge in [0, 0.05) is 6.61 Å². The normalized spacial score (nSPS) is 12.5. The Balaban J connectivity index is 1.28. The van der Waals surface area contributed by atoms with Crippen LogP contribution in [0, 0.1) is 0 Å². The first-order valence-electron chi connectivity index (χ1n) is 19.3. The predicted octanol–water partition coefficient (Wildman–Crippen LogP) is 13.5. The average Bonchev–Trinajstić information content (AvgIpc) is 3.10. The van der Waals surface area contributed by atoms with E-state index in [1.807, 2.05) is 49.4 Å². The van der Waals surface area contributed by atoms with Gasteiger partial charge in [0.15, 0.2) is 11.5 Å². The van der Waals surface area contributed by atoms with Crippen molar-refractivity contribution in [3.05, 3.63) is 83.9 Å². The monoisotopic (exact) mass is 656 g/mol. The standard InChI is InChI=1S/C44H64O4/c1-5-7-8-9-10-11-12-13-14-15-16-17-18-19-20-23-35-46-37(4)38-27-29-39(30-28-38)40-31-33-41(34-32-40)44(45)48-43-26-22-21-25-42(43)47-36(3)24-6-2/h21-22,25-34,36-37H,5-20,23-24,35H2,1-4H3. The largest absolute Gasteiger partial charge is 0.487 e. The van der Waals surface area contributed by atoms with Gasteiger partial charge in [-0.05, 0) is 67.6 Å². The summed E-state index contributed by atoms with van der Waals surface area (Å²) in [6.45, 7) is 9.39. The predicted molar refractivity (Wildman–Crippen MR) is 202 cm³/mol. The Morgan fingerprint density at radius 3 is 1.56 bits per heavy atom. The van der Waals surface area contributed by atoms with Gasteiger partial charge in [0.1, 0.15) is 0 Å². The molecule has 0 aliphatic rings. The highest BCUT2D eigenvalue weighted by atomic mass is 16.6. The highest BCUT2D eigenvalue weighted by molar-refractivity contribution is 5.92. The van der Waals surface area contributed by atoms with Crippen molar-refractivity contribution in [3.8, 4) is 22.6 Å². The van der Waals surface area contributed by atoms with Crippen molar-refractivity contribution in [2.45, 2.75) is 155 Å². The van der Waals surface area contributed by atoms with Gasteiger partial charge in [-0.25, -0.2) is 4.79 Å². The molecular weight excluding hydrogens is 592 g/mol. The van der Waals surface area contributed by atoms with Crippen LogP contribution in [0.5, 0.6) is 11.5 Å². The van der Waals surface area contributed by atoms with Gasteiger partial charge in [0.2, 0.25) is 0 Å². The molecule has 3 aromatic carbocycles. The Labute approximate surface area is 293 Å². The van der Waals surface area contributed by atoms with Crippen LogP contribution in [0.2, 0.25) is 0 Å². The second kappa shape index (κ2) is 24.1. The molecule has 0 saturated carbocycles. The number of esters is 1. The molecule has 4 heteroatoms. The number of carbonyl (C=O) groups is 1. The van der Waals surface area contributed by atoms with Gasteiger partial charge in [0.25, 0.3) is 0 Å². The molecule has 3 aromatic rings. The summed E-state index contributed by atoms with van der Waals surface area (Å²) in [6.07, 6.45) is 24.2. The molecule has 0 radical (unpaired) electrons. The van der Waals surface area contributed by atoms with Crippen molar-refractivity contribution in [2.24, 2.45) is 0 Å². The third-order valence-corrected chi connectivity index (χ3v) is 9.27. The summed E-state index contributed by atoms with van der Waals surface area (Å²) in [5.74, 6) is 0.634. The molecule has 0 aromatic heterocycles. The second-order valence-electron chi connectivity index (χ2n) is 13.6. The van der Waals surface area contributed by atoms with Crippen molar-refractivity contribution in [1.29, 1.82) is 0 Å². The molecule has 2 unspecified atom stereocenters. The minimum Gasteiger partial charge on any atom is -0.487 e. The molecule has 0 heterocycles. The van der Waals surface area contributed by atoms with Crippen LogP contribution in [0.1, 0.15) is 165 Å². The number of rotatable bonds is 26. The van der Waals surface area contributed by atoms with Crippen LogP contribution in [0.3, 0.4) is 0 Å². The van der Waals surface area contributed by atoms with Gasteiger partial charge < -0.3 is 14.2 Å². The highest BCUT2D eigenvalue weighted by Crippen LogP contribution is 2.30. The molecule has 0 aliphatic carbocycles. The summed E-state index contributed by atoms with van der Waals surface area (Å²) in [5, 5.41) is 0. The molecule has 0 spiro atoms. The van der Waals surface area contributed by atoms with Gasteiger partial charge in [-0.3, -0.25) is 0 Å². The maximum Gasteiger partial charge on any atom is 0.343 e. The minimum atomic E-state index is -0.397. The maximum absolute atomic E-state index is 12.9. The fourth-order valence-corrected chi connectivity index (χ4v) is 6.22. The number of hydrogen-bond donors (Lipinski definition) is 0. The van der Waals surface area contributed by atoms with E-state index in [0.717, 1.165) is 37.0 Å². The summed E-state index contributed by atoms with van der Waals surface area (Å²) >= 11 is 0. The Morgan fingerprint density at radius 2 is 1.04 bits per heavy atom. The fourth-order valence-electron chi connectivity index (χ4n) is 6.22. The molecule has 0 saturated heterocycles. The molecule has 0 N–H and O–H groups in total. The number of hydrogen-bond acceptors (Lipinski definition) is 4. The lowest BCUT2D eigenvalue weighted by molar-refractivity contribution is 0.0627. The van der Waals surface area contributed by atoms with Crippen LogP contribution in [0.25, 0.3) is 11.1 Å². The summed E-state index contributed by atoms with van der Waals surface area (Å²) in [5.41, 5.74) is 3.84. The SMILES string of the molecule is CCCCCCCCCCCCCCCCCCOC(C)c1ccc(-c2ccc(C(=O)Oc3ccccc3OC(C)CCC)cc2)cc1. The zero-order valence-electron chi connectivity index (χ0n) is 30.7. The zero-order valence-corrected chi connectivity index (χ0v) is 30.7. The second-order valence-corrected chi connectivity index (χ2v) is 13.6. The number of carbonyl (C=O) groups excluding carboxylic acids is 1. The third-order valence-electron chi connectivity index (χ3n) is 9.27. The first kappa shape index (κ1) is 39.3. The Morgan fingerprint density at radius 1 is 0.562 bits per heavy atom. The van der Waals surface area contributed by atoms with Crippen LogP contribution in [-0.2, 0) is 4.74 Å². The summed E-state index contributed by atoms with van der Waals surface area (Å²) < 4.78 is 17.9. The number of benzene rings is 3. The van der Waals surface area contributed by atoms with Crippen molar-refractivity contribution in [1.82, 2.24) is 0 Å². The van der Waals surface area contributed by atoms with E-state index in [0.29, 0.717) is 17.1 Å². The van der Waals surface area contributed by atoms with Gasteiger partial charge in [-0.1, -0.05) is 165 Å². The van der Waals surface area contributed by atoms with Crippen LogP contribution < -0.4 is 9.47 Å². The van der Waals surface area contributed by atoms with Gasteiger partial charge in [-0.2, -0.15) is 0 Å². The molecule has 264 valence electrons. The molecule has 0 bridgehead atoms. The van der Waals surface area contributed by atoms with Crippen LogP contribution in [0.15, 0.2) is 72.8 Å². The van der Waals surface area contributed by atoms with E-state index in [2.05, 4.69) is 45.0 Å². The van der Waals surface area contributed by atoms with Crippen molar-refractivity contribution in [3.63, 3.8) is 0 Å². The van der Waals surface area contributed by atoms with Crippen LogP contribution >= 0.6 is 0 Å².